The van der Waals surface area contributed by atoms with Crippen molar-refractivity contribution >= 4 is 63.3 Å². The van der Waals surface area contributed by atoms with Crippen molar-refractivity contribution in [1.82, 2.24) is 15.1 Å². The Bertz CT molecular complexity index is 1050. The van der Waals surface area contributed by atoms with Gasteiger partial charge < -0.3 is 5.32 Å². The fourth-order valence-electron chi connectivity index (χ4n) is 3.01. The Morgan fingerprint density at radius 1 is 1.07 bits per heavy atom. The van der Waals surface area contributed by atoms with Gasteiger partial charge in [0.15, 0.2) is 0 Å². The van der Waals surface area contributed by atoms with Crippen LogP contribution in [-0.2, 0) is 4.79 Å². The Balaban J connectivity index is 2.20. The monoisotopic (exact) mass is 561 g/mol. The second-order valence-electron chi connectivity index (χ2n) is 6.90. The SMILES string of the molecule is Cc1c(C(I)C(=O)NC(C)C)nn(-c2ccc(Cl)cc2Cl)c1-c1ccc(Cl)cc1. The van der Waals surface area contributed by atoms with Gasteiger partial charge in [0.1, 0.15) is 3.92 Å². The van der Waals surface area contributed by atoms with Crippen molar-refractivity contribution in [3.8, 4) is 16.9 Å². The number of hydrogen-bond acceptors (Lipinski definition) is 2. The fraction of sp³-hybridized carbons (Fsp3) is 0.238. The van der Waals surface area contributed by atoms with Gasteiger partial charge in [0.25, 0.3) is 0 Å². The summed E-state index contributed by atoms with van der Waals surface area (Å²) in [6.45, 7) is 5.82. The van der Waals surface area contributed by atoms with Crippen LogP contribution >= 0.6 is 57.4 Å². The van der Waals surface area contributed by atoms with Gasteiger partial charge >= 0.3 is 0 Å². The van der Waals surface area contributed by atoms with E-state index in [1.807, 2.05) is 51.1 Å². The van der Waals surface area contributed by atoms with Crippen molar-refractivity contribution in [3.63, 3.8) is 0 Å². The molecule has 0 radical (unpaired) electrons. The van der Waals surface area contributed by atoms with Gasteiger partial charge in [0.05, 0.1) is 22.1 Å². The molecule has 0 fully saturated rings. The van der Waals surface area contributed by atoms with E-state index in [4.69, 9.17) is 39.9 Å². The van der Waals surface area contributed by atoms with E-state index < -0.39 is 3.92 Å². The fourth-order valence-corrected chi connectivity index (χ4v) is 4.40. The van der Waals surface area contributed by atoms with Crippen LogP contribution in [-0.4, -0.2) is 21.7 Å². The quantitative estimate of drug-likeness (QED) is 0.274. The zero-order chi connectivity index (χ0) is 21.3. The number of aromatic nitrogens is 2. The normalized spacial score (nSPS) is 12.3. The van der Waals surface area contributed by atoms with Crippen molar-refractivity contribution in [2.75, 3.05) is 0 Å². The number of rotatable bonds is 5. The third-order valence-corrected chi connectivity index (χ3v) is 6.26. The van der Waals surface area contributed by atoms with E-state index in [0.29, 0.717) is 26.4 Å². The highest BCUT2D eigenvalue weighted by Crippen LogP contribution is 2.37. The van der Waals surface area contributed by atoms with E-state index in [1.54, 1.807) is 16.8 Å². The molecule has 1 unspecified atom stereocenters. The Morgan fingerprint density at radius 2 is 1.69 bits per heavy atom. The van der Waals surface area contributed by atoms with Crippen LogP contribution in [0.25, 0.3) is 16.9 Å². The number of benzene rings is 2. The third-order valence-electron chi connectivity index (χ3n) is 4.32. The zero-order valence-corrected chi connectivity index (χ0v) is 20.4. The molecule has 0 aliphatic heterocycles. The van der Waals surface area contributed by atoms with Gasteiger partial charge in [-0.2, -0.15) is 5.10 Å². The number of carbonyl (C=O) groups excluding carboxylic acids is 1. The van der Waals surface area contributed by atoms with Crippen molar-refractivity contribution in [2.45, 2.75) is 30.7 Å². The molecule has 1 amide bonds. The van der Waals surface area contributed by atoms with E-state index in [0.717, 1.165) is 16.8 Å². The van der Waals surface area contributed by atoms with Crippen molar-refractivity contribution < 1.29 is 4.79 Å². The summed E-state index contributed by atoms with van der Waals surface area (Å²) in [7, 11) is 0. The average Bonchev–Trinajstić information content (AvgIpc) is 2.98. The van der Waals surface area contributed by atoms with Crippen LogP contribution in [0.5, 0.6) is 0 Å². The summed E-state index contributed by atoms with van der Waals surface area (Å²) in [4.78, 5) is 12.6. The summed E-state index contributed by atoms with van der Waals surface area (Å²) < 4.78 is 1.31. The molecular weight excluding hydrogens is 544 g/mol. The zero-order valence-electron chi connectivity index (χ0n) is 16.0. The maximum absolute atomic E-state index is 12.6. The largest absolute Gasteiger partial charge is 0.353 e. The van der Waals surface area contributed by atoms with E-state index in [-0.39, 0.29) is 11.9 Å². The van der Waals surface area contributed by atoms with Gasteiger partial charge in [-0.25, -0.2) is 4.68 Å². The van der Waals surface area contributed by atoms with Gasteiger partial charge in [-0.3, -0.25) is 4.79 Å². The Morgan fingerprint density at radius 3 is 2.28 bits per heavy atom. The molecule has 1 aromatic heterocycles. The first kappa shape index (κ1) is 22.4. The molecule has 1 atom stereocenters. The molecule has 29 heavy (non-hydrogen) atoms. The lowest BCUT2D eigenvalue weighted by Crippen LogP contribution is -2.32. The van der Waals surface area contributed by atoms with Crippen LogP contribution in [0.15, 0.2) is 42.5 Å². The Labute approximate surface area is 198 Å². The lowest BCUT2D eigenvalue weighted by molar-refractivity contribution is -0.120. The molecule has 2 aromatic carbocycles. The maximum atomic E-state index is 12.6. The molecule has 0 aliphatic rings. The highest BCUT2D eigenvalue weighted by atomic mass is 127. The predicted molar refractivity (Wildman–Crippen MR) is 129 cm³/mol. The van der Waals surface area contributed by atoms with Gasteiger partial charge in [-0.05, 0) is 51.1 Å². The van der Waals surface area contributed by atoms with E-state index >= 15 is 0 Å². The van der Waals surface area contributed by atoms with Crippen LogP contribution in [0.1, 0.15) is 29.0 Å². The Kier molecular flexibility index (Phi) is 7.14. The van der Waals surface area contributed by atoms with Gasteiger partial charge in [-0.1, -0.05) is 69.5 Å². The lowest BCUT2D eigenvalue weighted by Gasteiger charge is -2.12. The molecule has 152 valence electrons. The molecule has 0 bridgehead atoms. The van der Waals surface area contributed by atoms with Crippen LogP contribution < -0.4 is 5.32 Å². The number of carbonyl (C=O) groups is 1. The molecule has 0 saturated carbocycles. The van der Waals surface area contributed by atoms with Crippen molar-refractivity contribution in [2.24, 2.45) is 0 Å². The maximum Gasteiger partial charge on any atom is 0.239 e. The summed E-state index contributed by atoms with van der Waals surface area (Å²) in [5, 5.41) is 9.39. The average molecular weight is 563 g/mol. The second kappa shape index (κ2) is 9.25. The first-order valence-electron chi connectivity index (χ1n) is 8.94. The molecule has 1 heterocycles. The number of nitrogens with one attached hydrogen (secondary N) is 1. The highest BCUT2D eigenvalue weighted by Gasteiger charge is 2.27. The van der Waals surface area contributed by atoms with E-state index in [9.17, 15) is 4.79 Å². The minimum absolute atomic E-state index is 0.0450. The Hall–Kier alpha value is -1.28. The van der Waals surface area contributed by atoms with Crippen LogP contribution in [0.4, 0.5) is 0 Å². The summed E-state index contributed by atoms with van der Waals surface area (Å²) in [6.07, 6.45) is 0. The van der Waals surface area contributed by atoms with Gasteiger partial charge in [-0.15, -0.1) is 0 Å². The highest BCUT2D eigenvalue weighted by molar-refractivity contribution is 14.1. The molecule has 8 heteroatoms. The number of hydrogen-bond donors (Lipinski definition) is 1. The standard InChI is InChI=1S/C21H19Cl3IN3O/c1-11(2)26-21(29)18(25)19-12(3)20(13-4-6-14(22)7-5-13)28(27-19)17-9-8-15(23)10-16(17)24/h4-11,18H,1-3H3,(H,26,29). The predicted octanol–water partition coefficient (Wildman–Crippen LogP) is 6.81. The molecule has 3 rings (SSSR count). The molecular formula is C21H19Cl3IN3O. The van der Waals surface area contributed by atoms with Crippen LogP contribution in [0.2, 0.25) is 15.1 Å². The first-order valence-corrected chi connectivity index (χ1v) is 11.3. The minimum Gasteiger partial charge on any atom is -0.353 e. The molecule has 1 N–H and O–H groups in total. The summed E-state index contributed by atoms with van der Waals surface area (Å²) in [5.41, 5.74) is 4.03. The molecule has 4 nitrogen and oxygen atoms in total. The van der Waals surface area contributed by atoms with Crippen LogP contribution in [0, 0.1) is 6.92 Å². The number of alkyl halides is 1. The molecule has 3 aromatic rings. The second-order valence-corrected chi connectivity index (χ2v) is 9.42. The summed E-state index contributed by atoms with van der Waals surface area (Å²) >= 11 is 20.7. The number of amides is 1. The topological polar surface area (TPSA) is 46.9 Å². The van der Waals surface area contributed by atoms with Crippen LogP contribution in [0.3, 0.4) is 0 Å². The molecule has 0 saturated heterocycles. The van der Waals surface area contributed by atoms with Gasteiger partial charge in [0.2, 0.25) is 5.91 Å². The lowest BCUT2D eigenvalue weighted by atomic mass is 10.0. The van der Waals surface area contributed by atoms with Gasteiger partial charge in [0, 0.05) is 27.2 Å². The smallest absolute Gasteiger partial charge is 0.239 e. The van der Waals surface area contributed by atoms with E-state index in [2.05, 4.69) is 27.9 Å². The molecule has 0 aliphatic carbocycles. The minimum atomic E-state index is -0.451. The summed E-state index contributed by atoms with van der Waals surface area (Å²) in [6, 6.07) is 12.8. The third kappa shape index (κ3) is 4.90. The number of halogens is 4. The van der Waals surface area contributed by atoms with E-state index in [1.165, 1.54) is 0 Å². The first-order chi connectivity index (χ1) is 13.7. The summed E-state index contributed by atoms with van der Waals surface area (Å²) in [5.74, 6) is -0.0850. The van der Waals surface area contributed by atoms with Crippen molar-refractivity contribution in [3.05, 3.63) is 68.8 Å². The molecule has 0 spiro atoms. The van der Waals surface area contributed by atoms with Crippen molar-refractivity contribution in [1.29, 1.82) is 0 Å². The number of nitrogens with zero attached hydrogens (tertiary/aromatic N) is 2.